The Bertz CT molecular complexity index is 995. The van der Waals surface area contributed by atoms with Gasteiger partial charge < -0.3 is 14.6 Å². The zero-order valence-corrected chi connectivity index (χ0v) is 18.3. The molecule has 2 aromatic rings. The summed E-state index contributed by atoms with van der Waals surface area (Å²) in [5.41, 5.74) is 2.85. The fourth-order valence-corrected chi connectivity index (χ4v) is 4.14. The Hall–Kier alpha value is -3.23. The molecule has 0 bridgehead atoms. The maximum atomic E-state index is 12.5. The van der Waals surface area contributed by atoms with E-state index in [1.807, 2.05) is 12.1 Å². The SMILES string of the molecule is CN(N=O)c1nc(C2=CC3CN(C(=O)c4ncco4)CC3C2)ccc1NCC(C)(C)C. The third kappa shape index (κ3) is 4.45. The summed E-state index contributed by atoms with van der Waals surface area (Å²) < 4.78 is 5.15. The Kier molecular flexibility index (Phi) is 5.51. The first-order chi connectivity index (χ1) is 14.7. The molecular weight excluding hydrogens is 396 g/mol. The van der Waals surface area contributed by atoms with Gasteiger partial charge in [-0.15, -0.1) is 4.91 Å². The lowest BCUT2D eigenvalue weighted by atomic mass is 9.97. The van der Waals surface area contributed by atoms with Crippen molar-refractivity contribution >= 4 is 23.0 Å². The number of pyridine rings is 1. The molecule has 4 rings (SSSR count). The van der Waals surface area contributed by atoms with Crippen molar-refractivity contribution in [3.05, 3.63) is 47.2 Å². The molecule has 9 heteroatoms. The van der Waals surface area contributed by atoms with Crippen molar-refractivity contribution in [2.75, 3.05) is 37.0 Å². The van der Waals surface area contributed by atoms with E-state index in [0.29, 0.717) is 24.8 Å². The zero-order valence-electron chi connectivity index (χ0n) is 18.3. The highest BCUT2D eigenvalue weighted by molar-refractivity contribution is 5.90. The topological polar surface area (TPSA) is 104 Å². The molecule has 1 aliphatic carbocycles. The first-order valence-electron chi connectivity index (χ1n) is 10.5. The van der Waals surface area contributed by atoms with Crippen LogP contribution in [0.2, 0.25) is 0 Å². The van der Waals surface area contributed by atoms with Gasteiger partial charge in [-0.05, 0) is 41.4 Å². The number of aromatic nitrogens is 2. The van der Waals surface area contributed by atoms with Crippen molar-refractivity contribution in [2.24, 2.45) is 22.5 Å². The van der Waals surface area contributed by atoms with Crippen molar-refractivity contribution in [3.8, 4) is 0 Å². The molecule has 0 radical (unpaired) electrons. The number of hydrogen-bond acceptors (Lipinski definition) is 7. The lowest BCUT2D eigenvalue weighted by Crippen LogP contribution is -2.29. The number of hydrogen-bond donors (Lipinski definition) is 1. The monoisotopic (exact) mass is 424 g/mol. The van der Waals surface area contributed by atoms with E-state index < -0.39 is 0 Å². The molecule has 1 amide bonds. The lowest BCUT2D eigenvalue weighted by Gasteiger charge is -2.22. The van der Waals surface area contributed by atoms with Crippen LogP contribution in [0.25, 0.3) is 5.57 Å². The standard InChI is InChI=1S/C22H28N6O3/c1-22(2,3)13-24-18-6-5-17(25-19(18)27(4)26-30)14-9-15-11-28(12-16(15)10-14)21(29)20-23-7-8-31-20/h5-9,15-16,24H,10-13H2,1-4H3. The summed E-state index contributed by atoms with van der Waals surface area (Å²) in [5, 5.41) is 7.67. The number of fused-ring (bicyclic) bond motifs is 1. The highest BCUT2D eigenvalue weighted by atomic mass is 16.4. The van der Waals surface area contributed by atoms with Gasteiger partial charge in [-0.2, -0.15) is 0 Å². The summed E-state index contributed by atoms with van der Waals surface area (Å²) in [6.45, 7) is 8.47. The van der Waals surface area contributed by atoms with E-state index in [1.165, 1.54) is 17.5 Å². The van der Waals surface area contributed by atoms with Gasteiger partial charge in [-0.1, -0.05) is 26.8 Å². The van der Waals surface area contributed by atoms with Crippen molar-refractivity contribution < 1.29 is 9.21 Å². The van der Waals surface area contributed by atoms with Gasteiger partial charge in [-0.25, -0.2) is 15.0 Å². The largest absolute Gasteiger partial charge is 0.441 e. The Labute approximate surface area is 181 Å². The van der Waals surface area contributed by atoms with E-state index in [0.717, 1.165) is 29.9 Å². The summed E-state index contributed by atoms with van der Waals surface area (Å²) in [7, 11) is 1.60. The van der Waals surface area contributed by atoms with Crippen LogP contribution >= 0.6 is 0 Å². The third-order valence-corrected chi connectivity index (χ3v) is 5.73. The molecule has 164 valence electrons. The normalized spacial score (nSPS) is 20.4. The average molecular weight is 425 g/mol. The molecule has 2 atom stereocenters. The number of anilines is 2. The second kappa shape index (κ2) is 8.13. The average Bonchev–Trinajstić information content (AvgIpc) is 3.46. The van der Waals surface area contributed by atoms with Crippen LogP contribution in [-0.2, 0) is 0 Å². The van der Waals surface area contributed by atoms with Crippen molar-refractivity contribution in [2.45, 2.75) is 27.2 Å². The van der Waals surface area contributed by atoms with Crippen LogP contribution < -0.4 is 10.3 Å². The molecule has 31 heavy (non-hydrogen) atoms. The third-order valence-electron chi connectivity index (χ3n) is 5.73. The van der Waals surface area contributed by atoms with Crippen LogP contribution in [0, 0.1) is 22.2 Å². The van der Waals surface area contributed by atoms with E-state index in [2.05, 4.69) is 42.4 Å². The van der Waals surface area contributed by atoms with Crippen LogP contribution in [0.5, 0.6) is 0 Å². The number of carbonyl (C=O) groups is 1. The molecule has 3 heterocycles. The van der Waals surface area contributed by atoms with E-state index in [1.54, 1.807) is 11.9 Å². The molecule has 2 unspecified atom stereocenters. The highest BCUT2D eigenvalue weighted by Gasteiger charge is 2.39. The van der Waals surface area contributed by atoms with Crippen molar-refractivity contribution in [1.29, 1.82) is 0 Å². The number of amides is 1. The van der Waals surface area contributed by atoms with Gasteiger partial charge in [0.15, 0.2) is 5.82 Å². The van der Waals surface area contributed by atoms with Gasteiger partial charge in [0.05, 0.1) is 22.9 Å². The van der Waals surface area contributed by atoms with Gasteiger partial charge in [-0.3, -0.25) is 4.79 Å². The second-order valence-electron chi connectivity index (χ2n) is 9.45. The number of nitroso groups, excluding NO2 is 1. The summed E-state index contributed by atoms with van der Waals surface area (Å²) in [4.78, 5) is 34.2. The first-order valence-corrected chi connectivity index (χ1v) is 10.5. The Balaban J connectivity index is 1.51. The summed E-state index contributed by atoms with van der Waals surface area (Å²) in [6.07, 6.45) is 5.93. The minimum Gasteiger partial charge on any atom is -0.441 e. The number of allylic oxidation sites excluding steroid dienone is 1. The predicted molar refractivity (Wildman–Crippen MR) is 118 cm³/mol. The molecule has 9 nitrogen and oxygen atoms in total. The highest BCUT2D eigenvalue weighted by Crippen LogP contribution is 2.41. The van der Waals surface area contributed by atoms with Gasteiger partial charge in [0.25, 0.3) is 5.89 Å². The number of likely N-dealkylation sites (tertiary alicyclic amines) is 1. The summed E-state index contributed by atoms with van der Waals surface area (Å²) in [5.74, 6) is 1.11. The number of oxazole rings is 1. The van der Waals surface area contributed by atoms with Gasteiger partial charge >= 0.3 is 5.91 Å². The van der Waals surface area contributed by atoms with E-state index in [9.17, 15) is 9.70 Å². The molecule has 2 aliphatic rings. The quantitative estimate of drug-likeness (QED) is 0.555. The molecular formula is C22H28N6O3. The smallest absolute Gasteiger partial charge is 0.309 e. The summed E-state index contributed by atoms with van der Waals surface area (Å²) >= 11 is 0. The van der Waals surface area contributed by atoms with E-state index in [-0.39, 0.29) is 23.1 Å². The molecule has 0 saturated carbocycles. The molecule has 1 aliphatic heterocycles. The zero-order chi connectivity index (χ0) is 22.2. The predicted octanol–water partition coefficient (Wildman–Crippen LogP) is 3.82. The molecule has 1 fully saturated rings. The lowest BCUT2D eigenvalue weighted by molar-refractivity contribution is 0.0745. The fourth-order valence-electron chi connectivity index (χ4n) is 4.14. The Morgan fingerprint density at radius 2 is 2.16 bits per heavy atom. The molecule has 1 N–H and O–H groups in total. The summed E-state index contributed by atoms with van der Waals surface area (Å²) in [6, 6.07) is 3.94. The van der Waals surface area contributed by atoms with Gasteiger partial charge in [0.2, 0.25) is 0 Å². The Morgan fingerprint density at radius 1 is 1.35 bits per heavy atom. The Morgan fingerprint density at radius 3 is 2.81 bits per heavy atom. The number of nitrogens with zero attached hydrogens (tertiary/aromatic N) is 5. The molecule has 0 spiro atoms. The minimum absolute atomic E-state index is 0.0863. The molecule has 0 aromatic carbocycles. The van der Waals surface area contributed by atoms with Crippen LogP contribution in [0.3, 0.4) is 0 Å². The van der Waals surface area contributed by atoms with Crippen LogP contribution in [0.1, 0.15) is 43.6 Å². The van der Waals surface area contributed by atoms with Gasteiger partial charge in [0, 0.05) is 26.7 Å². The van der Waals surface area contributed by atoms with Crippen LogP contribution in [0.4, 0.5) is 11.5 Å². The van der Waals surface area contributed by atoms with E-state index in [4.69, 9.17) is 9.40 Å². The van der Waals surface area contributed by atoms with Crippen molar-refractivity contribution in [3.63, 3.8) is 0 Å². The maximum Gasteiger partial charge on any atom is 0.309 e. The van der Waals surface area contributed by atoms with Crippen LogP contribution in [0.15, 0.2) is 40.4 Å². The number of rotatable bonds is 6. The maximum absolute atomic E-state index is 12.5. The van der Waals surface area contributed by atoms with Crippen LogP contribution in [-0.4, -0.2) is 47.5 Å². The molecule has 2 aromatic heterocycles. The van der Waals surface area contributed by atoms with Crippen molar-refractivity contribution in [1.82, 2.24) is 14.9 Å². The minimum atomic E-state index is -0.164. The van der Waals surface area contributed by atoms with E-state index >= 15 is 0 Å². The van der Waals surface area contributed by atoms with Gasteiger partial charge in [0.1, 0.15) is 6.26 Å². The second-order valence-corrected chi connectivity index (χ2v) is 9.45. The molecule has 1 saturated heterocycles. The first kappa shape index (κ1) is 21.0. The number of carbonyl (C=O) groups excluding carboxylic acids is 1. The fraction of sp³-hybridized carbons (Fsp3) is 0.500. The number of nitrogens with one attached hydrogen (secondary N) is 1.